The molecule has 3 aromatic rings. The number of amides is 2. The molecule has 12 heteroatoms. The lowest BCUT2D eigenvalue weighted by Crippen LogP contribution is -2.58. The van der Waals surface area contributed by atoms with Crippen LogP contribution in [0.5, 0.6) is 0 Å². The van der Waals surface area contributed by atoms with Crippen molar-refractivity contribution in [2.45, 2.75) is 84.4 Å². The van der Waals surface area contributed by atoms with Crippen molar-refractivity contribution in [3.05, 3.63) is 77.1 Å². The second kappa shape index (κ2) is 12.5. The summed E-state index contributed by atoms with van der Waals surface area (Å²) in [4.78, 5) is 32.4. The van der Waals surface area contributed by atoms with Gasteiger partial charge in [0.2, 0.25) is 0 Å². The Hall–Kier alpha value is -3.93. The molecule has 5 rings (SSSR count). The summed E-state index contributed by atoms with van der Waals surface area (Å²) < 4.78 is 46.6. The van der Waals surface area contributed by atoms with E-state index in [1.165, 1.54) is 12.1 Å². The molecular formula is C33H41F3N6O3. The molecule has 0 N–H and O–H groups in total. The number of hydrogen-bond donors (Lipinski definition) is 0. The SMILES string of the molecule is CC1CC(c2ccc(C(F)(F)F)cc2)N(C(=O)c2ccccc2-n2cc(CN3[C@H](C)CN(C(=O)OC(C)(C)C)C[C@@H]3C)nn2)C1. The van der Waals surface area contributed by atoms with Crippen LogP contribution in [0.15, 0.2) is 54.7 Å². The average molecular weight is 627 g/mol. The van der Waals surface area contributed by atoms with Gasteiger partial charge in [0.05, 0.1) is 34.7 Å². The Bertz CT molecular complexity index is 1500. The fraction of sp³-hybridized carbons (Fsp3) is 0.515. The highest BCUT2D eigenvalue weighted by Crippen LogP contribution is 2.38. The summed E-state index contributed by atoms with van der Waals surface area (Å²) in [6.45, 7) is 13.8. The van der Waals surface area contributed by atoms with Crippen LogP contribution in [-0.2, 0) is 17.5 Å². The smallest absolute Gasteiger partial charge is 0.416 e. The highest BCUT2D eigenvalue weighted by molar-refractivity contribution is 5.98. The number of likely N-dealkylation sites (tertiary alicyclic amines) is 1. The average Bonchev–Trinajstić information content (AvgIpc) is 3.60. The molecule has 2 aliphatic rings. The van der Waals surface area contributed by atoms with Crippen LogP contribution in [-0.4, -0.2) is 79.0 Å². The van der Waals surface area contributed by atoms with Gasteiger partial charge >= 0.3 is 12.3 Å². The maximum absolute atomic E-state index is 14.0. The molecule has 45 heavy (non-hydrogen) atoms. The highest BCUT2D eigenvalue weighted by Gasteiger charge is 2.37. The number of nitrogens with zero attached hydrogens (tertiary/aromatic N) is 6. The number of piperazine rings is 1. The molecule has 2 aromatic carbocycles. The van der Waals surface area contributed by atoms with Crippen molar-refractivity contribution in [1.29, 1.82) is 0 Å². The van der Waals surface area contributed by atoms with Crippen molar-refractivity contribution in [3.63, 3.8) is 0 Å². The fourth-order valence-corrected chi connectivity index (χ4v) is 6.31. The van der Waals surface area contributed by atoms with Crippen molar-refractivity contribution in [2.24, 2.45) is 5.92 Å². The summed E-state index contributed by atoms with van der Waals surface area (Å²) >= 11 is 0. The monoisotopic (exact) mass is 626 g/mol. The van der Waals surface area contributed by atoms with Crippen LogP contribution >= 0.6 is 0 Å². The number of carbonyl (C=O) groups excluding carboxylic acids is 2. The maximum Gasteiger partial charge on any atom is 0.416 e. The van der Waals surface area contributed by atoms with Crippen LogP contribution in [0.3, 0.4) is 0 Å². The topological polar surface area (TPSA) is 83.8 Å². The molecule has 0 radical (unpaired) electrons. The second-order valence-electron chi connectivity index (χ2n) is 13.4. The lowest BCUT2D eigenvalue weighted by molar-refractivity contribution is -0.137. The van der Waals surface area contributed by atoms with Gasteiger partial charge in [-0.1, -0.05) is 36.4 Å². The van der Waals surface area contributed by atoms with E-state index in [-0.39, 0.29) is 36.0 Å². The van der Waals surface area contributed by atoms with Crippen molar-refractivity contribution < 1.29 is 27.5 Å². The summed E-state index contributed by atoms with van der Waals surface area (Å²) in [7, 11) is 0. The third kappa shape index (κ3) is 7.32. The van der Waals surface area contributed by atoms with Crippen molar-refractivity contribution in [2.75, 3.05) is 19.6 Å². The van der Waals surface area contributed by atoms with Crippen LogP contribution in [0.2, 0.25) is 0 Å². The van der Waals surface area contributed by atoms with Crippen LogP contribution < -0.4 is 0 Å². The Balaban J connectivity index is 1.32. The largest absolute Gasteiger partial charge is 0.444 e. The number of para-hydroxylation sites is 1. The lowest BCUT2D eigenvalue weighted by atomic mass is 9.99. The van der Waals surface area contributed by atoms with Gasteiger partial charge in [-0.2, -0.15) is 13.2 Å². The molecule has 4 atom stereocenters. The first-order chi connectivity index (χ1) is 21.1. The summed E-state index contributed by atoms with van der Waals surface area (Å²) in [6, 6.07) is 12.0. The number of alkyl halides is 3. The molecule has 1 aromatic heterocycles. The molecule has 242 valence electrons. The van der Waals surface area contributed by atoms with E-state index in [4.69, 9.17) is 4.74 Å². The van der Waals surface area contributed by atoms with E-state index in [0.717, 1.165) is 17.8 Å². The molecule has 2 aliphatic heterocycles. The van der Waals surface area contributed by atoms with E-state index in [1.54, 1.807) is 26.6 Å². The zero-order valence-electron chi connectivity index (χ0n) is 26.6. The van der Waals surface area contributed by atoms with Gasteiger partial charge in [0.25, 0.3) is 5.91 Å². The quantitative estimate of drug-likeness (QED) is 0.329. The van der Waals surface area contributed by atoms with Crippen molar-refractivity contribution in [3.8, 4) is 5.69 Å². The van der Waals surface area contributed by atoms with E-state index in [2.05, 4.69) is 29.1 Å². The minimum Gasteiger partial charge on any atom is -0.444 e. The van der Waals surface area contributed by atoms with E-state index >= 15 is 0 Å². The number of halogens is 3. The Morgan fingerprint density at radius 3 is 2.20 bits per heavy atom. The number of aromatic nitrogens is 3. The zero-order valence-corrected chi connectivity index (χ0v) is 26.6. The molecule has 2 fully saturated rings. The molecule has 0 spiro atoms. The molecular weight excluding hydrogens is 585 g/mol. The summed E-state index contributed by atoms with van der Waals surface area (Å²) in [5.41, 5.74) is 1.13. The number of carbonyl (C=O) groups is 2. The third-order valence-electron chi connectivity index (χ3n) is 8.41. The van der Waals surface area contributed by atoms with Crippen LogP contribution in [0, 0.1) is 5.92 Å². The zero-order chi connectivity index (χ0) is 32.7. The van der Waals surface area contributed by atoms with Gasteiger partial charge in [0.1, 0.15) is 5.60 Å². The Morgan fingerprint density at radius 2 is 1.58 bits per heavy atom. The second-order valence-corrected chi connectivity index (χ2v) is 13.4. The summed E-state index contributed by atoms with van der Waals surface area (Å²) in [5, 5.41) is 8.77. The van der Waals surface area contributed by atoms with Gasteiger partial charge in [-0.05, 0) is 76.8 Å². The molecule has 9 nitrogen and oxygen atoms in total. The molecule has 0 saturated carbocycles. The van der Waals surface area contributed by atoms with Gasteiger partial charge in [0, 0.05) is 38.3 Å². The molecule has 2 amide bonds. The van der Waals surface area contributed by atoms with Gasteiger partial charge in [-0.3, -0.25) is 9.69 Å². The van der Waals surface area contributed by atoms with E-state index in [0.29, 0.717) is 49.4 Å². The van der Waals surface area contributed by atoms with Gasteiger partial charge in [0.15, 0.2) is 0 Å². The lowest BCUT2D eigenvalue weighted by Gasteiger charge is -2.44. The van der Waals surface area contributed by atoms with Gasteiger partial charge < -0.3 is 14.5 Å². The molecule has 0 bridgehead atoms. The normalized spacial score (nSPS) is 23.0. The first-order valence-corrected chi connectivity index (χ1v) is 15.3. The predicted octanol–water partition coefficient (Wildman–Crippen LogP) is 6.34. The summed E-state index contributed by atoms with van der Waals surface area (Å²) in [5.74, 6) is -0.0245. The highest BCUT2D eigenvalue weighted by atomic mass is 19.4. The minimum atomic E-state index is -4.42. The number of hydrogen-bond acceptors (Lipinski definition) is 6. The molecule has 3 heterocycles. The van der Waals surface area contributed by atoms with Gasteiger partial charge in [-0.25, -0.2) is 9.48 Å². The number of benzene rings is 2. The van der Waals surface area contributed by atoms with Gasteiger partial charge in [-0.15, -0.1) is 5.10 Å². The number of rotatable bonds is 5. The standard InChI is InChI=1S/C33H41F3N6O3/c1-21-15-29(24-11-13-25(14-12-24)33(34,35)36)41(16-21)30(43)27-9-7-8-10-28(27)42-20-26(37-38-42)19-40-22(2)17-39(18-23(40)3)31(44)45-32(4,5)6/h7-14,20-23,29H,15-19H2,1-6H3/t21?,22-,23+,29?. The van der Waals surface area contributed by atoms with E-state index in [1.807, 2.05) is 46.0 Å². The molecule has 2 saturated heterocycles. The maximum atomic E-state index is 14.0. The Kier molecular flexibility index (Phi) is 8.99. The predicted molar refractivity (Wildman–Crippen MR) is 163 cm³/mol. The van der Waals surface area contributed by atoms with Crippen LogP contribution in [0.1, 0.15) is 81.2 Å². The van der Waals surface area contributed by atoms with E-state index < -0.39 is 17.3 Å². The number of ether oxygens (including phenoxy) is 1. The molecule has 0 aliphatic carbocycles. The van der Waals surface area contributed by atoms with E-state index in [9.17, 15) is 22.8 Å². The third-order valence-corrected chi connectivity index (χ3v) is 8.41. The first kappa shape index (κ1) is 32.5. The summed E-state index contributed by atoms with van der Waals surface area (Å²) in [6.07, 6.45) is -2.27. The van der Waals surface area contributed by atoms with Crippen LogP contribution in [0.4, 0.5) is 18.0 Å². The Morgan fingerprint density at radius 1 is 0.933 bits per heavy atom. The van der Waals surface area contributed by atoms with Crippen molar-refractivity contribution >= 4 is 12.0 Å². The van der Waals surface area contributed by atoms with Crippen molar-refractivity contribution in [1.82, 2.24) is 29.7 Å². The van der Waals surface area contributed by atoms with Crippen LogP contribution in [0.25, 0.3) is 5.69 Å². The first-order valence-electron chi connectivity index (χ1n) is 15.3. The molecule has 2 unspecified atom stereocenters. The Labute approximate surface area is 261 Å². The minimum absolute atomic E-state index is 0.0552. The fourth-order valence-electron chi connectivity index (χ4n) is 6.31.